The Morgan fingerprint density at radius 2 is 2.31 bits per heavy atom. The highest BCUT2D eigenvalue weighted by atomic mass is 79.9. The van der Waals surface area contributed by atoms with E-state index in [1.54, 1.807) is 17.7 Å². The van der Waals surface area contributed by atoms with Crippen molar-refractivity contribution in [3.05, 3.63) is 28.1 Å². The number of hydrogen-bond donors (Lipinski definition) is 0. The van der Waals surface area contributed by atoms with E-state index in [4.69, 9.17) is 16.3 Å². The molecule has 0 radical (unpaired) electrons. The number of halogens is 2. The smallest absolute Gasteiger partial charge is 0.148 e. The van der Waals surface area contributed by atoms with E-state index < -0.39 is 0 Å². The summed E-state index contributed by atoms with van der Waals surface area (Å²) >= 11 is 9.22. The van der Waals surface area contributed by atoms with E-state index >= 15 is 0 Å². The van der Waals surface area contributed by atoms with Gasteiger partial charge in [0.1, 0.15) is 21.2 Å². The van der Waals surface area contributed by atoms with E-state index in [0.29, 0.717) is 9.76 Å². The highest BCUT2D eigenvalue weighted by Gasteiger charge is 2.07. The van der Waals surface area contributed by atoms with Crippen LogP contribution in [0.3, 0.4) is 0 Å². The molecule has 0 saturated heterocycles. The highest BCUT2D eigenvalue weighted by Crippen LogP contribution is 2.24. The fraction of sp³-hybridized carbons (Fsp3) is 0.125. The maximum Gasteiger partial charge on any atom is 0.148 e. The lowest BCUT2D eigenvalue weighted by molar-refractivity contribution is 0.412. The van der Waals surface area contributed by atoms with Gasteiger partial charge in [0, 0.05) is 0 Å². The van der Waals surface area contributed by atoms with Gasteiger partial charge in [-0.15, -0.1) is 0 Å². The summed E-state index contributed by atoms with van der Waals surface area (Å²) in [5.74, 6) is 0.749. The van der Waals surface area contributed by atoms with Crippen LogP contribution < -0.4 is 4.74 Å². The Hall–Kier alpha value is -0.740. The Bertz CT molecular complexity index is 455. The molecule has 0 unspecified atom stereocenters. The van der Waals surface area contributed by atoms with Gasteiger partial charge in [0.25, 0.3) is 0 Å². The second-order valence-corrected chi connectivity index (χ2v) is 3.60. The van der Waals surface area contributed by atoms with Crippen LogP contribution in [0.2, 0.25) is 5.15 Å². The van der Waals surface area contributed by atoms with Crippen LogP contribution >= 0.6 is 27.5 Å². The van der Waals surface area contributed by atoms with Crippen molar-refractivity contribution in [3.63, 3.8) is 0 Å². The van der Waals surface area contributed by atoms with Gasteiger partial charge < -0.3 is 4.74 Å². The van der Waals surface area contributed by atoms with Crippen LogP contribution in [0.25, 0.3) is 5.65 Å². The number of fused-ring (bicyclic) bond motifs is 1. The lowest BCUT2D eigenvalue weighted by Crippen LogP contribution is -1.88. The minimum atomic E-state index is 0.550. The molecule has 2 heterocycles. The molecular formula is C8H6BrClN2O. The fourth-order valence-corrected chi connectivity index (χ4v) is 1.64. The van der Waals surface area contributed by atoms with Crippen molar-refractivity contribution in [2.75, 3.05) is 7.11 Å². The van der Waals surface area contributed by atoms with Crippen LogP contribution in [0.15, 0.2) is 22.9 Å². The number of rotatable bonds is 1. The molecule has 2 aromatic rings. The molecule has 2 aromatic heterocycles. The molecule has 0 spiro atoms. The van der Waals surface area contributed by atoms with Gasteiger partial charge in [0.2, 0.25) is 0 Å². The normalized spacial score (nSPS) is 10.7. The van der Waals surface area contributed by atoms with Gasteiger partial charge in [-0.05, 0) is 28.1 Å². The number of ether oxygens (including phenoxy) is 1. The maximum absolute atomic E-state index is 5.97. The largest absolute Gasteiger partial charge is 0.495 e. The van der Waals surface area contributed by atoms with E-state index in [0.717, 1.165) is 11.4 Å². The minimum absolute atomic E-state index is 0.550. The third-order valence-corrected chi connectivity index (χ3v) is 2.87. The highest BCUT2D eigenvalue weighted by molar-refractivity contribution is 9.10. The van der Waals surface area contributed by atoms with Crippen LogP contribution in [-0.4, -0.2) is 16.5 Å². The van der Waals surface area contributed by atoms with Gasteiger partial charge in [-0.2, -0.15) is 0 Å². The topological polar surface area (TPSA) is 26.5 Å². The SMILES string of the molecule is COc1ccc2nc(Br)c(Cl)n2c1. The zero-order valence-electron chi connectivity index (χ0n) is 6.79. The molecule has 3 nitrogen and oxygen atoms in total. The Morgan fingerprint density at radius 1 is 1.54 bits per heavy atom. The van der Waals surface area contributed by atoms with Gasteiger partial charge >= 0.3 is 0 Å². The standard InChI is InChI=1S/C8H6BrClN2O/c1-13-5-2-3-6-11-7(9)8(10)12(6)4-5/h2-4H,1H3. The summed E-state index contributed by atoms with van der Waals surface area (Å²) in [5.41, 5.74) is 0.790. The van der Waals surface area contributed by atoms with E-state index in [1.807, 2.05) is 12.1 Å². The third-order valence-electron chi connectivity index (χ3n) is 1.73. The van der Waals surface area contributed by atoms with Crippen molar-refractivity contribution in [3.8, 4) is 5.75 Å². The second kappa shape index (κ2) is 3.20. The Labute approximate surface area is 88.4 Å². The molecule has 2 rings (SSSR count). The number of methoxy groups -OCH3 is 1. The maximum atomic E-state index is 5.97. The molecule has 0 fully saturated rings. The van der Waals surface area contributed by atoms with Gasteiger partial charge in [-0.3, -0.25) is 4.40 Å². The van der Waals surface area contributed by atoms with Gasteiger partial charge in [-0.1, -0.05) is 11.6 Å². The van der Waals surface area contributed by atoms with Crippen molar-refractivity contribution in [2.24, 2.45) is 0 Å². The summed E-state index contributed by atoms with van der Waals surface area (Å²) in [6.07, 6.45) is 1.79. The number of pyridine rings is 1. The average molecular weight is 262 g/mol. The molecule has 0 bridgehead atoms. The van der Waals surface area contributed by atoms with Crippen LogP contribution in [0, 0.1) is 0 Å². The summed E-state index contributed by atoms with van der Waals surface area (Å²) < 4.78 is 7.46. The number of aromatic nitrogens is 2. The lowest BCUT2D eigenvalue weighted by Gasteiger charge is -1.99. The summed E-state index contributed by atoms with van der Waals surface area (Å²) in [4.78, 5) is 4.18. The summed E-state index contributed by atoms with van der Waals surface area (Å²) in [6, 6.07) is 3.68. The fourth-order valence-electron chi connectivity index (χ4n) is 1.09. The Balaban J connectivity index is 2.75. The molecule has 0 amide bonds. The molecule has 0 aromatic carbocycles. The van der Waals surface area contributed by atoms with E-state index in [-0.39, 0.29) is 0 Å². The predicted molar refractivity (Wildman–Crippen MR) is 54.5 cm³/mol. The first-order valence-electron chi connectivity index (χ1n) is 3.59. The molecule has 0 aliphatic heterocycles. The first-order chi connectivity index (χ1) is 6.22. The average Bonchev–Trinajstić information content (AvgIpc) is 2.43. The van der Waals surface area contributed by atoms with Gasteiger partial charge in [0.05, 0.1) is 13.3 Å². The Morgan fingerprint density at radius 3 is 3.00 bits per heavy atom. The predicted octanol–water partition coefficient (Wildman–Crippen LogP) is 2.76. The summed E-state index contributed by atoms with van der Waals surface area (Å²) in [7, 11) is 1.61. The molecule has 5 heteroatoms. The summed E-state index contributed by atoms with van der Waals surface area (Å²) in [5, 5.41) is 0.550. The van der Waals surface area contributed by atoms with Crippen LogP contribution in [-0.2, 0) is 0 Å². The molecule has 0 saturated carbocycles. The first-order valence-corrected chi connectivity index (χ1v) is 4.76. The molecule has 0 aliphatic carbocycles. The summed E-state index contributed by atoms with van der Waals surface area (Å²) in [6.45, 7) is 0. The van der Waals surface area contributed by atoms with E-state index in [2.05, 4.69) is 20.9 Å². The number of hydrogen-bond acceptors (Lipinski definition) is 2. The quantitative estimate of drug-likeness (QED) is 0.789. The second-order valence-electron chi connectivity index (χ2n) is 2.49. The van der Waals surface area contributed by atoms with Crippen molar-refractivity contribution >= 4 is 33.2 Å². The number of nitrogens with zero attached hydrogens (tertiary/aromatic N) is 2. The zero-order valence-corrected chi connectivity index (χ0v) is 9.13. The zero-order chi connectivity index (χ0) is 9.42. The third kappa shape index (κ3) is 1.40. The van der Waals surface area contributed by atoms with Gasteiger partial charge in [-0.25, -0.2) is 4.98 Å². The van der Waals surface area contributed by atoms with Crippen molar-refractivity contribution in [1.29, 1.82) is 0 Å². The molecule has 68 valence electrons. The van der Waals surface area contributed by atoms with Crippen molar-refractivity contribution in [2.45, 2.75) is 0 Å². The molecule has 0 aliphatic rings. The number of imidazole rings is 1. The Kier molecular flexibility index (Phi) is 2.17. The van der Waals surface area contributed by atoms with E-state index in [1.165, 1.54) is 0 Å². The van der Waals surface area contributed by atoms with Crippen LogP contribution in [0.1, 0.15) is 0 Å². The lowest BCUT2D eigenvalue weighted by atomic mass is 10.4. The molecule has 0 N–H and O–H groups in total. The minimum Gasteiger partial charge on any atom is -0.495 e. The van der Waals surface area contributed by atoms with Gasteiger partial charge in [0.15, 0.2) is 0 Å². The molecular weight excluding hydrogens is 255 g/mol. The monoisotopic (exact) mass is 260 g/mol. The van der Waals surface area contributed by atoms with Crippen LogP contribution in [0.4, 0.5) is 0 Å². The van der Waals surface area contributed by atoms with Crippen molar-refractivity contribution in [1.82, 2.24) is 9.38 Å². The van der Waals surface area contributed by atoms with Crippen molar-refractivity contribution < 1.29 is 4.74 Å². The molecule has 13 heavy (non-hydrogen) atoms. The first kappa shape index (κ1) is 8.84. The van der Waals surface area contributed by atoms with E-state index in [9.17, 15) is 0 Å². The van der Waals surface area contributed by atoms with Crippen LogP contribution in [0.5, 0.6) is 5.75 Å². The molecule has 0 atom stereocenters.